The molecular formula is C37H47F3N8O4. The number of carbonyl (C=O) groups excluding carboxylic acids is 3. The molecular weight excluding hydrogens is 677 g/mol. The van der Waals surface area contributed by atoms with Crippen molar-refractivity contribution in [1.29, 1.82) is 0 Å². The lowest BCUT2D eigenvalue weighted by molar-refractivity contribution is -0.144. The number of benzene rings is 2. The highest BCUT2D eigenvalue weighted by atomic mass is 19.4. The zero-order valence-electron chi connectivity index (χ0n) is 29.8. The van der Waals surface area contributed by atoms with Gasteiger partial charge in [-0.25, -0.2) is 14.6 Å². The number of hydrogen-bond acceptors (Lipinski definition) is 7. The van der Waals surface area contributed by atoms with E-state index in [2.05, 4.69) is 32.1 Å². The molecule has 0 aliphatic carbocycles. The van der Waals surface area contributed by atoms with Gasteiger partial charge in [0.2, 0.25) is 5.82 Å². The number of likely N-dealkylation sites (N-methyl/N-ethyl adjacent to an activating group) is 1. The molecule has 15 heteroatoms. The van der Waals surface area contributed by atoms with E-state index in [0.29, 0.717) is 62.7 Å². The number of piperidine rings is 2. The number of halogens is 3. The number of carbonyl (C=O) groups is 3. The number of urea groups is 1. The highest BCUT2D eigenvalue weighted by Gasteiger charge is 2.38. The smallest absolute Gasteiger partial charge is 0.436 e. The molecule has 3 fully saturated rings. The number of aryl methyl sites for hydroxylation is 1. The number of piperazine rings is 1. The summed E-state index contributed by atoms with van der Waals surface area (Å²) >= 11 is 0. The van der Waals surface area contributed by atoms with Gasteiger partial charge < -0.3 is 34.6 Å². The van der Waals surface area contributed by atoms with E-state index >= 15 is 0 Å². The quantitative estimate of drug-likeness (QED) is 0.378. The number of anilines is 1. The maximum atomic E-state index is 14.1. The summed E-state index contributed by atoms with van der Waals surface area (Å²) in [7, 11) is 2.12. The fraction of sp³-hybridized carbons (Fsp3) is 0.568. The first-order valence-corrected chi connectivity index (χ1v) is 18.3. The van der Waals surface area contributed by atoms with Gasteiger partial charge in [0.15, 0.2) is 6.10 Å². The number of para-hydroxylation sites is 1. The maximum Gasteiger partial charge on any atom is 0.449 e. The lowest BCUT2D eigenvalue weighted by Gasteiger charge is -2.42. The van der Waals surface area contributed by atoms with Gasteiger partial charge in [-0.3, -0.25) is 9.69 Å². The van der Waals surface area contributed by atoms with Crippen molar-refractivity contribution in [3.63, 3.8) is 0 Å². The second-order valence-corrected chi connectivity index (χ2v) is 14.6. The predicted octanol–water partition coefficient (Wildman–Crippen LogP) is 4.73. The number of aromatic amines is 1. The summed E-state index contributed by atoms with van der Waals surface area (Å²) in [5.74, 6) is -1.40. The minimum atomic E-state index is -4.63. The molecule has 4 aliphatic rings. The van der Waals surface area contributed by atoms with Gasteiger partial charge in [0.1, 0.15) is 0 Å². The van der Waals surface area contributed by atoms with E-state index in [4.69, 9.17) is 4.74 Å². The second-order valence-electron chi connectivity index (χ2n) is 14.6. The standard InChI is InChI=1S/C37H47F3N8O4/c1-24-21-25(22-30-32(24)43-34(41-30)37(38,39)40)23-31(33(49)46-12-8-27(9-13-46)45-19-17-44(2)18-20-45)52-36(51)47-14-10-28(11-15-47)48-16-7-26-5-3-4-6-29(26)42-35(48)50/h3-6,21-22,27-28,31H,7-20,23H2,1-2H3,(H,41,43)(H,42,50)/t31-/m1/s1. The third-order valence-electron chi connectivity index (χ3n) is 11.2. The van der Waals surface area contributed by atoms with Gasteiger partial charge in [-0.15, -0.1) is 0 Å². The van der Waals surface area contributed by atoms with Crippen LogP contribution in [0.15, 0.2) is 36.4 Å². The van der Waals surface area contributed by atoms with E-state index in [9.17, 15) is 27.6 Å². The van der Waals surface area contributed by atoms with Crippen molar-refractivity contribution in [2.24, 2.45) is 0 Å². The normalized spacial score (nSPS) is 20.8. The molecule has 12 nitrogen and oxygen atoms in total. The number of nitrogens with one attached hydrogen (secondary N) is 2. The number of nitrogens with zero attached hydrogens (tertiary/aromatic N) is 6. The summed E-state index contributed by atoms with van der Waals surface area (Å²) in [4.78, 5) is 57.1. The van der Waals surface area contributed by atoms with E-state index < -0.39 is 24.2 Å². The average Bonchev–Trinajstić information content (AvgIpc) is 3.51. The predicted molar refractivity (Wildman–Crippen MR) is 189 cm³/mol. The number of likely N-dealkylation sites (tertiary alicyclic amines) is 2. The Morgan fingerprint density at radius 2 is 1.60 bits per heavy atom. The van der Waals surface area contributed by atoms with Crippen LogP contribution in [-0.2, 0) is 28.5 Å². The Morgan fingerprint density at radius 3 is 2.31 bits per heavy atom. The molecule has 3 aromatic rings. The average molecular weight is 725 g/mol. The van der Waals surface area contributed by atoms with Crippen LogP contribution in [0, 0.1) is 6.92 Å². The van der Waals surface area contributed by atoms with Crippen molar-refractivity contribution in [2.45, 2.75) is 69.8 Å². The Bertz CT molecular complexity index is 1780. The third kappa shape index (κ3) is 7.85. The molecule has 1 atom stereocenters. The monoisotopic (exact) mass is 724 g/mol. The number of amides is 4. The Morgan fingerprint density at radius 1 is 0.923 bits per heavy atom. The molecule has 4 aliphatic heterocycles. The fourth-order valence-electron chi connectivity index (χ4n) is 8.14. The summed E-state index contributed by atoms with van der Waals surface area (Å²) in [6.07, 6.45) is -2.93. The number of rotatable bonds is 6. The Kier molecular flexibility index (Phi) is 10.3. The van der Waals surface area contributed by atoms with Crippen LogP contribution in [0.1, 0.15) is 48.2 Å². The fourth-order valence-corrected chi connectivity index (χ4v) is 8.14. The second kappa shape index (κ2) is 14.9. The summed E-state index contributed by atoms with van der Waals surface area (Å²) < 4.78 is 46.4. The zero-order chi connectivity index (χ0) is 36.6. The summed E-state index contributed by atoms with van der Waals surface area (Å²) in [5, 5.41) is 3.02. The van der Waals surface area contributed by atoms with Crippen LogP contribution in [0.3, 0.4) is 0 Å². The zero-order valence-corrected chi connectivity index (χ0v) is 29.8. The van der Waals surface area contributed by atoms with Crippen molar-refractivity contribution in [3.05, 3.63) is 58.9 Å². The van der Waals surface area contributed by atoms with Gasteiger partial charge in [-0.1, -0.05) is 24.3 Å². The lowest BCUT2D eigenvalue weighted by Crippen LogP contribution is -2.54. The van der Waals surface area contributed by atoms with E-state index in [1.807, 2.05) is 29.2 Å². The van der Waals surface area contributed by atoms with Gasteiger partial charge in [0.25, 0.3) is 5.91 Å². The van der Waals surface area contributed by atoms with Crippen LogP contribution < -0.4 is 5.32 Å². The Labute approximate surface area is 301 Å². The van der Waals surface area contributed by atoms with Gasteiger partial charge in [0.05, 0.1) is 11.0 Å². The van der Waals surface area contributed by atoms with Crippen molar-refractivity contribution in [1.82, 2.24) is 34.5 Å². The van der Waals surface area contributed by atoms with Crippen LogP contribution in [-0.4, -0.2) is 137 Å². The van der Waals surface area contributed by atoms with Gasteiger partial charge in [-0.05, 0) is 74.9 Å². The molecule has 5 heterocycles. The third-order valence-corrected chi connectivity index (χ3v) is 11.2. The summed E-state index contributed by atoms with van der Waals surface area (Å²) in [6.45, 7) is 8.05. The number of hydrogen-bond donors (Lipinski definition) is 2. The molecule has 0 unspecified atom stereocenters. The lowest BCUT2D eigenvalue weighted by atomic mass is 9.99. The summed E-state index contributed by atoms with van der Waals surface area (Å²) in [6, 6.07) is 11.2. The molecule has 0 bridgehead atoms. The first kappa shape index (κ1) is 36.0. The van der Waals surface area contributed by atoms with Crippen molar-refractivity contribution in [2.75, 3.05) is 71.3 Å². The first-order chi connectivity index (χ1) is 24.9. The highest BCUT2D eigenvalue weighted by Crippen LogP contribution is 2.31. The van der Waals surface area contributed by atoms with E-state index in [0.717, 1.165) is 56.7 Å². The molecule has 2 N–H and O–H groups in total. The highest BCUT2D eigenvalue weighted by molar-refractivity contribution is 5.91. The molecule has 280 valence electrons. The SMILES string of the molecule is Cc1cc(C[C@@H](OC(=O)N2CCC(N3CCc4ccccc4NC3=O)CC2)C(=O)N2CCC(N3CCN(C)CC3)CC2)cc2nc(C(F)(F)F)[nH]c12. The minimum Gasteiger partial charge on any atom is -0.436 e. The van der Waals surface area contributed by atoms with Gasteiger partial charge in [-0.2, -0.15) is 13.2 Å². The molecule has 1 aromatic heterocycles. The number of imidazole rings is 1. The van der Waals surface area contributed by atoms with Crippen LogP contribution in [0.25, 0.3) is 11.0 Å². The Balaban J connectivity index is 1.03. The minimum absolute atomic E-state index is 0.00107. The van der Waals surface area contributed by atoms with E-state index in [1.165, 1.54) is 6.07 Å². The molecule has 52 heavy (non-hydrogen) atoms. The number of fused-ring (bicyclic) bond motifs is 2. The maximum absolute atomic E-state index is 14.1. The van der Waals surface area contributed by atoms with E-state index in [-0.39, 0.29) is 35.4 Å². The molecule has 7 rings (SSSR count). The van der Waals surface area contributed by atoms with Crippen LogP contribution in [0.4, 0.5) is 28.4 Å². The molecule has 0 saturated carbocycles. The van der Waals surface area contributed by atoms with Crippen LogP contribution >= 0.6 is 0 Å². The van der Waals surface area contributed by atoms with Crippen LogP contribution in [0.5, 0.6) is 0 Å². The Hall–Kier alpha value is -4.37. The van der Waals surface area contributed by atoms with Crippen molar-refractivity contribution >= 4 is 34.8 Å². The topological polar surface area (TPSA) is 117 Å². The van der Waals surface area contributed by atoms with E-state index in [1.54, 1.807) is 22.8 Å². The van der Waals surface area contributed by atoms with Crippen LogP contribution in [0.2, 0.25) is 0 Å². The van der Waals surface area contributed by atoms with Crippen molar-refractivity contribution in [3.8, 4) is 0 Å². The molecule has 0 spiro atoms. The molecule has 3 saturated heterocycles. The molecule has 0 radical (unpaired) electrons. The number of alkyl halides is 3. The molecule has 2 aromatic carbocycles. The number of ether oxygens (including phenoxy) is 1. The van der Waals surface area contributed by atoms with Gasteiger partial charge in [0, 0.05) is 83.1 Å². The van der Waals surface area contributed by atoms with Gasteiger partial charge >= 0.3 is 18.3 Å². The first-order valence-electron chi connectivity index (χ1n) is 18.3. The van der Waals surface area contributed by atoms with Crippen molar-refractivity contribution < 1.29 is 32.3 Å². The largest absolute Gasteiger partial charge is 0.449 e. The number of aromatic nitrogens is 2. The molecule has 4 amide bonds. The number of H-pyrrole nitrogens is 1. The summed E-state index contributed by atoms with van der Waals surface area (Å²) in [5.41, 5.74) is 3.40.